The zero-order valence-electron chi connectivity index (χ0n) is 12.8. The number of hydrogen-bond donors (Lipinski definition) is 3. The third kappa shape index (κ3) is 4.18. The van der Waals surface area contributed by atoms with Crippen LogP contribution in [0.3, 0.4) is 0 Å². The van der Waals surface area contributed by atoms with Crippen molar-refractivity contribution >= 4 is 27.7 Å². The number of rotatable bonds is 6. The third-order valence-corrected chi connectivity index (χ3v) is 4.53. The van der Waals surface area contributed by atoms with Crippen LogP contribution in [0.2, 0.25) is 0 Å². The third-order valence-electron chi connectivity index (χ3n) is 3.00. The molecule has 24 heavy (non-hydrogen) atoms. The van der Waals surface area contributed by atoms with Crippen LogP contribution in [0.25, 0.3) is 0 Å². The highest BCUT2D eigenvalue weighted by atomic mass is 32.2. The Kier molecular flexibility index (Phi) is 5.00. The van der Waals surface area contributed by atoms with Crippen LogP contribution < -0.4 is 10.0 Å². The number of carbonyl (C=O) groups excluding carboxylic acids is 1. The van der Waals surface area contributed by atoms with Gasteiger partial charge in [0.1, 0.15) is 5.76 Å². The highest BCUT2D eigenvalue weighted by Gasteiger charge is 2.23. The number of benzene rings is 1. The van der Waals surface area contributed by atoms with Crippen LogP contribution in [-0.4, -0.2) is 36.6 Å². The van der Waals surface area contributed by atoms with Gasteiger partial charge >= 0.3 is 5.97 Å². The van der Waals surface area contributed by atoms with Crippen molar-refractivity contribution in [3.63, 3.8) is 0 Å². The SMILES string of the molecule is Cc1cc(NC(=O)C(C)NS(=O)(=O)c2cccc(C(=O)O)c2)no1. The first-order valence-electron chi connectivity index (χ1n) is 6.79. The summed E-state index contributed by atoms with van der Waals surface area (Å²) in [6, 6.07) is 5.19. The normalized spacial score (nSPS) is 12.6. The molecule has 3 N–H and O–H groups in total. The van der Waals surface area contributed by atoms with Gasteiger partial charge in [-0.2, -0.15) is 4.72 Å². The number of aromatic carboxylic acids is 1. The van der Waals surface area contributed by atoms with Crippen molar-refractivity contribution < 1.29 is 27.6 Å². The molecule has 10 heteroatoms. The lowest BCUT2D eigenvalue weighted by Gasteiger charge is -2.13. The maximum absolute atomic E-state index is 12.3. The Bertz CT molecular complexity index is 874. The van der Waals surface area contributed by atoms with E-state index in [-0.39, 0.29) is 16.3 Å². The van der Waals surface area contributed by atoms with Gasteiger partial charge < -0.3 is 14.9 Å². The summed E-state index contributed by atoms with van der Waals surface area (Å²) < 4.78 is 31.5. The average Bonchev–Trinajstić information content (AvgIpc) is 2.92. The van der Waals surface area contributed by atoms with Gasteiger partial charge in [-0.15, -0.1) is 0 Å². The largest absolute Gasteiger partial charge is 0.478 e. The van der Waals surface area contributed by atoms with Gasteiger partial charge in [0.2, 0.25) is 15.9 Å². The lowest BCUT2D eigenvalue weighted by Crippen LogP contribution is -2.41. The van der Waals surface area contributed by atoms with Crippen molar-refractivity contribution in [3.05, 3.63) is 41.7 Å². The molecule has 0 fully saturated rings. The number of carbonyl (C=O) groups is 2. The molecule has 0 saturated carbocycles. The van der Waals surface area contributed by atoms with Crippen molar-refractivity contribution in [2.45, 2.75) is 24.8 Å². The molecule has 0 aliphatic carbocycles. The molecule has 0 saturated heterocycles. The number of nitrogens with zero attached hydrogens (tertiary/aromatic N) is 1. The summed E-state index contributed by atoms with van der Waals surface area (Å²) in [4.78, 5) is 22.7. The Labute approximate surface area is 137 Å². The van der Waals surface area contributed by atoms with Gasteiger partial charge in [0, 0.05) is 6.07 Å². The molecule has 1 amide bonds. The molecule has 0 radical (unpaired) electrons. The van der Waals surface area contributed by atoms with E-state index in [4.69, 9.17) is 9.63 Å². The summed E-state index contributed by atoms with van der Waals surface area (Å²) in [5.74, 6) is -1.24. The zero-order chi connectivity index (χ0) is 17.9. The molecular weight excluding hydrogens is 338 g/mol. The number of nitrogens with one attached hydrogen (secondary N) is 2. The van der Waals surface area contributed by atoms with Crippen molar-refractivity contribution in [2.75, 3.05) is 5.32 Å². The van der Waals surface area contributed by atoms with Crippen LogP contribution in [0, 0.1) is 6.92 Å². The molecule has 0 spiro atoms. The molecule has 2 rings (SSSR count). The number of sulfonamides is 1. The summed E-state index contributed by atoms with van der Waals surface area (Å²) in [5.41, 5.74) is -0.173. The molecule has 2 aromatic rings. The van der Waals surface area contributed by atoms with Gasteiger partial charge in [0.05, 0.1) is 16.5 Å². The number of carboxylic acids is 1. The monoisotopic (exact) mass is 353 g/mol. The molecule has 9 nitrogen and oxygen atoms in total. The first-order chi connectivity index (χ1) is 11.2. The first-order valence-corrected chi connectivity index (χ1v) is 8.27. The minimum absolute atomic E-state index is 0.163. The minimum atomic E-state index is -4.07. The Morgan fingerprint density at radius 1 is 1.29 bits per heavy atom. The summed E-state index contributed by atoms with van der Waals surface area (Å²) in [6.45, 7) is 2.99. The van der Waals surface area contributed by atoms with Crippen LogP contribution in [0.5, 0.6) is 0 Å². The number of amides is 1. The van der Waals surface area contributed by atoms with Crippen LogP contribution in [-0.2, 0) is 14.8 Å². The predicted molar refractivity (Wildman–Crippen MR) is 83.1 cm³/mol. The van der Waals surface area contributed by atoms with E-state index >= 15 is 0 Å². The van der Waals surface area contributed by atoms with Crippen molar-refractivity contribution in [3.8, 4) is 0 Å². The molecule has 1 heterocycles. The van der Waals surface area contributed by atoms with Crippen LogP contribution in [0.15, 0.2) is 39.8 Å². The maximum atomic E-state index is 12.3. The predicted octanol–water partition coefficient (Wildman–Crippen LogP) is 0.987. The van der Waals surface area contributed by atoms with Crippen LogP contribution in [0.4, 0.5) is 5.82 Å². The van der Waals surface area contributed by atoms with E-state index in [0.717, 1.165) is 6.07 Å². The van der Waals surface area contributed by atoms with E-state index in [9.17, 15) is 18.0 Å². The Morgan fingerprint density at radius 2 is 2.00 bits per heavy atom. The van der Waals surface area contributed by atoms with E-state index in [0.29, 0.717) is 5.76 Å². The summed E-state index contributed by atoms with van der Waals surface area (Å²) in [7, 11) is -4.07. The van der Waals surface area contributed by atoms with Gasteiger partial charge in [-0.3, -0.25) is 4.79 Å². The quantitative estimate of drug-likeness (QED) is 0.703. The minimum Gasteiger partial charge on any atom is -0.478 e. The number of anilines is 1. The molecule has 1 unspecified atom stereocenters. The molecule has 128 valence electrons. The highest BCUT2D eigenvalue weighted by molar-refractivity contribution is 7.89. The van der Waals surface area contributed by atoms with E-state index < -0.39 is 27.9 Å². The lowest BCUT2D eigenvalue weighted by atomic mass is 10.2. The molecular formula is C14H15N3O6S. The highest BCUT2D eigenvalue weighted by Crippen LogP contribution is 2.13. The number of carboxylic acid groups (broad SMARTS) is 1. The van der Waals surface area contributed by atoms with Gasteiger partial charge in [0.15, 0.2) is 5.82 Å². The lowest BCUT2D eigenvalue weighted by molar-refractivity contribution is -0.117. The summed E-state index contributed by atoms with van der Waals surface area (Å²) >= 11 is 0. The van der Waals surface area contributed by atoms with Crippen molar-refractivity contribution in [2.24, 2.45) is 0 Å². The molecule has 1 aromatic carbocycles. The molecule has 0 aliphatic rings. The van der Waals surface area contributed by atoms with Gasteiger partial charge in [-0.25, -0.2) is 13.2 Å². The van der Waals surface area contributed by atoms with Crippen molar-refractivity contribution in [1.29, 1.82) is 0 Å². The fraction of sp³-hybridized carbons (Fsp3) is 0.214. The zero-order valence-corrected chi connectivity index (χ0v) is 13.6. The van der Waals surface area contributed by atoms with E-state index in [2.05, 4.69) is 15.2 Å². The molecule has 0 bridgehead atoms. The molecule has 1 aromatic heterocycles. The smallest absolute Gasteiger partial charge is 0.335 e. The average molecular weight is 353 g/mol. The second kappa shape index (κ2) is 6.81. The van der Waals surface area contributed by atoms with Gasteiger partial charge in [-0.1, -0.05) is 11.2 Å². The topological polar surface area (TPSA) is 139 Å². The van der Waals surface area contributed by atoms with Crippen LogP contribution in [0.1, 0.15) is 23.0 Å². The molecule has 0 aliphatic heterocycles. The number of aromatic nitrogens is 1. The second-order valence-corrected chi connectivity index (χ2v) is 6.70. The Morgan fingerprint density at radius 3 is 2.58 bits per heavy atom. The Balaban J connectivity index is 2.11. The standard InChI is InChI=1S/C14H15N3O6S/c1-8-6-12(16-23-8)15-13(18)9(2)17-24(21,22)11-5-3-4-10(7-11)14(19)20/h3-7,9,17H,1-2H3,(H,19,20)(H,15,16,18). The maximum Gasteiger partial charge on any atom is 0.335 e. The van der Waals surface area contributed by atoms with E-state index in [1.54, 1.807) is 6.92 Å². The Hall–Kier alpha value is -2.72. The van der Waals surface area contributed by atoms with E-state index in [1.807, 2.05) is 0 Å². The van der Waals surface area contributed by atoms with Gasteiger partial charge in [0.25, 0.3) is 0 Å². The first kappa shape index (κ1) is 17.6. The number of aryl methyl sites for hydroxylation is 1. The fourth-order valence-corrected chi connectivity index (χ4v) is 3.06. The fourth-order valence-electron chi connectivity index (χ4n) is 1.81. The molecule has 1 atom stereocenters. The van der Waals surface area contributed by atoms with Crippen LogP contribution >= 0.6 is 0 Å². The van der Waals surface area contributed by atoms with Gasteiger partial charge in [-0.05, 0) is 32.0 Å². The summed E-state index contributed by atoms with van der Waals surface area (Å²) in [5, 5.41) is 14.9. The second-order valence-electron chi connectivity index (χ2n) is 4.99. The summed E-state index contributed by atoms with van der Waals surface area (Å²) in [6.07, 6.45) is 0. The van der Waals surface area contributed by atoms with Crippen molar-refractivity contribution in [1.82, 2.24) is 9.88 Å². The number of hydrogen-bond acceptors (Lipinski definition) is 6. The van der Waals surface area contributed by atoms with E-state index in [1.165, 1.54) is 31.2 Å².